The maximum absolute atomic E-state index is 11.9. The van der Waals surface area contributed by atoms with E-state index in [2.05, 4.69) is 0 Å². The van der Waals surface area contributed by atoms with Gasteiger partial charge >= 0.3 is 5.97 Å². The van der Waals surface area contributed by atoms with Crippen LogP contribution in [0.1, 0.15) is 6.92 Å². The molecule has 1 N–H and O–H groups in total. The van der Waals surface area contributed by atoms with Crippen LogP contribution >= 0.6 is 0 Å². The highest BCUT2D eigenvalue weighted by atomic mass is 32.2. The van der Waals surface area contributed by atoms with Crippen LogP contribution in [0.3, 0.4) is 0 Å². The molecule has 0 bridgehead atoms. The van der Waals surface area contributed by atoms with E-state index in [1.165, 1.54) is 26.1 Å². The van der Waals surface area contributed by atoms with Crippen molar-refractivity contribution < 1.29 is 23.1 Å². The smallest absolute Gasteiger partial charge is 0.308 e. The van der Waals surface area contributed by atoms with Gasteiger partial charge in [0.2, 0.25) is 5.91 Å². The van der Waals surface area contributed by atoms with Gasteiger partial charge in [0.05, 0.1) is 10.8 Å². The number of benzene rings is 1. The third-order valence-corrected chi connectivity index (χ3v) is 4.23. The molecule has 0 saturated carbocycles. The Kier molecular flexibility index (Phi) is 5.66. The molecule has 0 saturated heterocycles. The Morgan fingerprint density at radius 3 is 2.38 bits per heavy atom. The highest BCUT2D eigenvalue weighted by Crippen LogP contribution is 2.11. The summed E-state index contributed by atoms with van der Waals surface area (Å²) < 4.78 is 23.9. The minimum Gasteiger partial charge on any atom is -0.481 e. The summed E-state index contributed by atoms with van der Waals surface area (Å²) in [5.41, 5.74) is 0. The van der Waals surface area contributed by atoms with Crippen molar-refractivity contribution in [3.8, 4) is 0 Å². The van der Waals surface area contributed by atoms with E-state index in [0.717, 1.165) is 16.4 Å². The second kappa shape index (κ2) is 7.03. The highest BCUT2D eigenvalue weighted by Gasteiger charge is 2.17. The SMILES string of the molecule is CC(CN(C)C(=O)C=CS(=O)(=O)c1ccccc1)C(=O)O. The Morgan fingerprint density at radius 1 is 1.29 bits per heavy atom. The first-order valence-electron chi connectivity index (χ1n) is 6.20. The first-order valence-corrected chi connectivity index (χ1v) is 7.75. The molecule has 0 fully saturated rings. The number of hydrogen-bond acceptors (Lipinski definition) is 4. The van der Waals surface area contributed by atoms with E-state index in [9.17, 15) is 18.0 Å². The van der Waals surface area contributed by atoms with Gasteiger partial charge in [0.15, 0.2) is 9.84 Å². The number of carbonyl (C=O) groups is 2. The van der Waals surface area contributed by atoms with Gasteiger partial charge in [0.25, 0.3) is 0 Å². The van der Waals surface area contributed by atoms with Gasteiger partial charge in [-0.1, -0.05) is 25.1 Å². The van der Waals surface area contributed by atoms with Gasteiger partial charge in [-0.2, -0.15) is 0 Å². The predicted octanol–water partition coefficient (Wildman–Crippen LogP) is 1.15. The van der Waals surface area contributed by atoms with Gasteiger partial charge in [-0.3, -0.25) is 9.59 Å². The van der Waals surface area contributed by atoms with E-state index in [-0.39, 0.29) is 11.4 Å². The van der Waals surface area contributed by atoms with Gasteiger partial charge in [0.1, 0.15) is 0 Å². The lowest BCUT2D eigenvalue weighted by Gasteiger charge is -2.17. The second-order valence-corrected chi connectivity index (χ2v) is 6.45. The number of amides is 1. The summed E-state index contributed by atoms with van der Waals surface area (Å²) >= 11 is 0. The predicted molar refractivity (Wildman–Crippen MR) is 77.2 cm³/mol. The van der Waals surface area contributed by atoms with Gasteiger partial charge in [0, 0.05) is 25.1 Å². The van der Waals surface area contributed by atoms with Crippen LogP contribution in [0.2, 0.25) is 0 Å². The fraction of sp³-hybridized carbons (Fsp3) is 0.286. The molecule has 0 aliphatic heterocycles. The first kappa shape index (κ1) is 16.9. The quantitative estimate of drug-likeness (QED) is 0.796. The maximum atomic E-state index is 11.9. The maximum Gasteiger partial charge on any atom is 0.308 e. The summed E-state index contributed by atoms with van der Waals surface area (Å²) in [6, 6.07) is 7.72. The number of carbonyl (C=O) groups excluding carboxylic acids is 1. The zero-order valence-corrected chi connectivity index (χ0v) is 12.6. The Bertz CT molecular complexity index is 637. The van der Waals surface area contributed by atoms with Crippen molar-refractivity contribution in [1.29, 1.82) is 0 Å². The van der Waals surface area contributed by atoms with Crippen molar-refractivity contribution in [3.05, 3.63) is 41.8 Å². The van der Waals surface area contributed by atoms with Gasteiger partial charge in [-0.15, -0.1) is 0 Å². The summed E-state index contributed by atoms with van der Waals surface area (Å²) in [5.74, 6) is -2.31. The molecule has 1 atom stereocenters. The van der Waals surface area contributed by atoms with Crippen LogP contribution in [0, 0.1) is 5.92 Å². The Labute approximate surface area is 123 Å². The van der Waals surface area contributed by atoms with Gasteiger partial charge in [-0.05, 0) is 12.1 Å². The highest BCUT2D eigenvalue weighted by molar-refractivity contribution is 7.94. The molecule has 0 aromatic heterocycles. The normalized spacial score (nSPS) is 13.0. The minimum atomic E-state index is -3.68. The summed E-state index contributed by atoms with van der Waals surface area (Å²) in [5, 5.41) is 9.59. The fourth-order valence-corrected chi connectivity index (χ4v) is 2.53. The molecule has 1 amide bonds. The van der Waals surface area contributed by atoms with E-state index in [0.29, 0.717) is 0 Å². The standard InChI is InChI=1S/C14H17NO5S/c1-11(14(17)18)10-15(2)13(16)8-9-21(19,20)12-6-4-3-5-7-12/h3-9,11H,10H2,1-2H3,(H,17,18). The molecule has 1 aromatic rings. The van der Waals surface area contributed by atoms with Crippen LogP contribution in [-0.4, -0.2) is 43.9 Å². The van der Waals surface area contributed by atoms with Crippen LogP contribution in [0.25, 0.3) is 0 Å². The number of carboxylic acid groups (broad SMARTS) is 1. The lowest BCUT2D eigenvalue weighted by Crippen LogP contribution is -2.32. The molecule has 0 spiro atoms. The summed E-state index contributed by atoms with van der Waals surface area (Å²) in [6.45, 7) is 1.47. The average Bonchev–Trinajstić information content (AvgIpc) is 2.45. The second-order valence-electron chi connectivity index (χ2n) is 4.62. The van der Waals surface area contributed by atoms with Crippen molar-refractivity contribution in [2.45, 2.75) is 11.8 Å². The number of rotatable bonds is 6. The molecule has 1 aromatic carbocycles. The number of hydrogen-bond donors (Lipinski definition) is 1. The molecule has 114 valence electrons. The Hall–Kier alpha value is -2.15. The molecule has 0 radical (unpaired) electrons. The topological polar surface area (TPSA) is 91.8 Å². The molecule has 1 rings (SSSR count). The van der Waals surface area contributed by atoms with E-state index < -0.39 is 27.6 Å². The minimum absolute atomic E-state index is 0.00386. The lowest BCUT2D eigenvalue weighted by atomic mass is 10.2. The number of sulfone groups is 1. The third-order valence-electron chi connectivity index (χ3n) is 2.81. The molecule has 6 nitrogen and oxygen atoms in total. The van der Waals surface area contributed by atoms with Crippen molar-refractivity contribution in [1.82, 2.24) is 4.90 Å². The van der Waals surface area contributed by atoms with E-state index in [4.69, 9.17) is 5.11 Å². The largest absolute Gasteiger partial charge is 0.481 e. The van der Waals surface area contributed by atoms with Crippen molar-refractivity contribution in [2.24, 2.45) is 5.92 Å². The number of aliphatic carboxylic acids is 1. The number of likely N-dealkylation sites (N-methyl/N-ethyl adjacent to an activating group) is 1. The van der Waals surface area contributed by atoms with E-state index in [1.807, 2.05) is 0 Å². The van der Waals surface area contributed by atoms with Crippen molar-refractivity contribution in [2.75, 3.05) is 13.6 Å². The zero-order chi connectivity index (χ0) is 16.0. The Balaban J connectivity index is 2.76. The number of carboxylic acids is 1. The molecule has 0 aliphatic rings. The van der Waals surface area contributed by atoms with Crippen LogP contribution in [0.5, 0.6) is 0 Å². The molecular formula is C14H17NO5S. The number of nitrogens with zero attached hydrogens (tertiary/aromatic N) is 1. The van der Waals surface area contributed by atoms with Crippen LogP contribution < -0.4 is 0 Å². The van der Waals surface area contributed by atoms with Crippen LogP contribution in [0.15, 0.2) is 46.7 Å². The van der Waals surface area contributed by atoms with Crippen molar-refractivity contribution in [3.63, 3.8) is 0 Å². The summed E-state index contributed by atoms with van der Waals surface area (Å²) in [7, 11) is -2.26. The monoisotopic (exact) mass is 311 g/mol. The lowest BCUT2D eigenvalue weighted by molar-refractivity contribution is -0.142. The molecule has 0 heterocycles. The summed E-state index contributed by atoms with van der Waals surface area (Å²) in [4.78, 5) is 23.7. The molecule has 21 heavy (non-hydrogen) atoms. The zero-order valence-electron chi connectivity index (χ0n) is 11.8. The third kappa shape index (κ3) is 5.03. The average molecular weight is 311 g/mol. The van der Waals surface area contributed by atoms with Crippen LogP contribution in [0.4, 0.5) is 0 Å². The first-order chi connectivity index (χ1) is 9.74. The molecule has 7 heteroatoms. The molecular weight excluding hydrogens is 294 g/mol. The molecule has 1 unspecified atom stereocenters. The van der Waals surface area contributed by atoms with Crippen LogP contribution in [-0.2, 0) is 19.4 Å². The Morgan fingerprint density at radius 2 is 1.86 bits per heavy atom. The van der Waals surface area contributed by atoms with Crippen molar-refractivity contribution >= 4 is 21.7 Å². The fourth-order valence-electron chi connectivity index (χ4n) is 1.54. The summed E-state index contributed by atoms with van der Waals surface area (Å²) in [6.07, 6.45) is 0.927. The van der Waals surface area contributed by atoms with E-state index >= 15 is 0 Å². The van der Waals surface area contributed by atoms with Gasteiger partial charge < -0.3 is 10.0 Å². The van der Waals surface area contributed by atoms with E-state index in [1.54, 1.807) is 18.2 Å². The van der Waals surface area contributed by atoms with Gasteiger partial charge in [-0.25, -0.2) is 8.42 Å². The molecule has 0 aliphatic carbocycles.